The summed E-state index contributed by atoms with van der Waals surface area (Å²) in [7, 11) is 2.00. The number of amides is 1. The summed E-state index contributed by atoms with van der Waals surface area (Å²) < 4.78 is 8.08. The van der Waals surface area contributed by atoms with E-state index in [2.05, 4.69) is 24.0 Å². The van der Waals surface area contributed by atoms with Crippen LogP contribution in [0.25, 0.3) is 11.3 Å². The molecule has 32 heavy (non-hydrogen) atoms. The van der Waals surface area contributed by atoms with Crippen molar-refractivity contribution in [2.24, 2.45) is 7.05 Å². The van der Waals surface area contributed by atoms with Gasteiger partial charge in [0.05, 0.1) is 12.1 Å². The molecule has 0 bridgehead atoms. The minimum Gasteiger partial charge on any atom is -0.492 e. The molecule has 0 spiro atoms. The van der Waals surface area contributed by atoms with Crippen molar-refractivity contribution in [3.05, 3.63) is 71.4 Å². The molecule has 0 saturated carbocycles. The minimum absolute atomic E-state index is 0.146. The summed E-state index contributed by atoms with van der Waals surface area (Å²) in [5.74, 6) is 0.953. The predicted octanol–water partition coefficient (Wildman–Crippen LogP) is 3.68. The fourth-order valence-corrected chi connectivity index (χ4v) is 4.23. The zero-order valence-corrected chi connectivity index (χ0v) is 19.3. The van der Waals surface area contributed by atoms with Gasteiger partial charge in [-0.05, 0) is 19.9 Å². The molecular weight excluding hydrogens is 400 g/mol. The van der Waals surface area contributed by atoms with E-state index in [0.717, 1.165) is 47.9 Å². The first kappa shape index (κ1) is 22.1. The molecule has 6 nitrogen and oxygen atoms in total. The minimum atomic E-state index is 0.146. The van der Waals surface area contributed by atoms with E-state index in [-0.39, 0.29) is 5.91 Å². The van der Waals surface area contributed by atoms with E-state index in [9.17, 15) is 4.79 Å². The summed E-state index contributed by atoms with van der Waals surface area (Å²) in [6, 6.07) is 18.2. The maximum absolute atomic E-state index is 12.9. The van der Waals surface area contributed by atoms with Crippen LogP contribution in [0.5, 0.6) is 5.75 Å². The largest absolute Gasteiger partial charge is 0.492 e. The lowest BCUT2D eigenvalue weighted by molar-refractivity contribution is -0.130. The number of aryl methyl sites for hydroxylation is 1. The van der Waals surface area contributed by atoms with Crippen LogP contribution in [0.2, 0.25) is 0 Å². The maximum atomic E-state index is 12.9. The van der Waals surface area contributed by atoms with Gasteiger partial charge in [0.1, 0.15) is 12.4 Å². The van der Waals surface area contributed by atoms with E-state index in [1.165, 1.54) is 5.56 Å². The zero-order valence-electron chi connectivity index (χ0n) is 19.3. The molecule has 1 aliphatic heterocycles. The first-order valence-electron chi connectivity index (χ1n) is 11.4. The van der Waals surface area contributed by atoms with Crippen molar-refractivity contribution in [3.8, 4) is 17.0 Å². The van der Waals surface area contributed by atoms with Gasteiger partial charge >= 0.3 is 0 Å². The molecule has 0 aliphatic carbocycles. The fraction of sp³-hybridized carbons (Fsp3) is 0.385. The monoisotopic (exact) mass is 432 g/mol. The van der Waals surface area contributed by atoms with Crippen LogP contribution in [0.15, 0.2) is 54.6 Å². The van der Waals surface area contributed by atoms with Crippen LogP contribution in [0, 0.1) is 6.92 Å². The molecule has 6 heteroatoms. The number of carbonyl (C=O) groups excluding carboxylic acids is 1. The normalized spacial score (nSPS) is 15.7. The molecule has 3 aromatic rings. The number of likely N-dealkylation sites (N-methyl/N-ethyl adjacent to an activating group) is 1. The molecule has 1 aromatic heterocycles. The summed E-state index contributed by atoms with van der Waals surface area (Å²) in [6.45, 7) is 8.50. The Bertz CT molecular complexity index is 1060. The number of fused-ring (bicyclic) bond motifs is 1. The Kier molecular flexibility index (Phi) is 6.90. The van der Waals surface area contributed by atoms with Gasteiger partial charge < -0.3 is 9.64 Å². The molecule has 168 valence electrons. The molecule has 2 heterocycles. The molecule has 0 radical (unpaired) electrons. The topological polar surface area (TPSA) is 50.6 Å². The van der Waals surface area contributed by atoms with Gasteiger partial charge in [0, 0.05) is 62.2 Å². The molecular formula is C26H32N4O2. The summed E-state index contributed by atoms with van der Waals surface area (Å²) in [5.41, 5.74) is 5.49. The van der Waals surface area contributed by atoms with E-state index < -0.39 is 0 Å². The molecule has 4 rings (SSSR count). The number of ether oxygens (including phenoxy) is 1. The number of carbonyl (C=O) groups is 1. The highest BCUT2D eigenvalue weighted by Gasteiger charge is 2.21. The second kappa shape index (κ2) is 10.0. The highest BCUT2D eigenvalue weighted by molar-refractivity contribution is 5.79. The summed E-state index contributed by atoms with van der Waals surface area (Å²) in [4.78, 5) is 17.3. The van der Waals surface area contributed by atoms with Crippen LogP contribution < -0.4 is 4.74 Å². The van der Waals surface area contributed by atoms with Crippen molar-refractivity contribution >= 4 is 5.91 Å². The van der Waals surface area contributed by atoms with Crippen molar-refractivity contribution in [2.45, 2.75) is 26.8 Å². The third-order valence-electron chi connectivity index (χ3n) is 6.29. The van der Waals surface area contributed by atoms with Crippen molar-refractivity contribution in [1.82, 2.24) is 19.6 Å². The zero-order chi connectivity index (χ0) is 22.5. The van der Waals surface area contributed by atoms with Gasteiger partial charge in [0.15, 0.2) is 0 Å². The number of para-hydroxylation sites is 1. The lowest BCUT2D eigenvalue weighted by Gasteiger charge is -2.26. The van der Waals surface area contributed by atoms with Crippen molar-refractivity contribution in [1.29, 1.82) is 0 Å². The number of nitrogens with zero attached hydrogens (tertiary/aromatic N) is 4. The first-order chi connectivity index (χ1) is 15.6. The Hall–Kier alpha value is -3.12. The Labute approximate surface area is 190 Å². The fourth-order valence-electron chi connectivity index (χ4n) is 4.23. The lowest BCUT2D eigenvalue weighted by atomic mass is 10.1. The third-order valence-corrected chi connectivity index (χ3v) is 6.29. The van der Waals surface area contributed by atoms with E-state index >= 15 is 0 Å². The van der Waals surface area contributed by atoms with Gasteiger partial charge in [-0.3, -0.25) is 14.4 Å². The quantitative estimate of drug-likeness (QED) is 0.631. The van der Waals surface area contributed by atoms with Gasteiger partial charge in [-0.2, -0.15) is 5.10 Å². The van der Waals surface area contributed by atoms with Crippen LogP contribution in [-0.2, 0) is 24.8 Å². The van der Waals surface area contributed by atoms with Crippen molar-refractivity contribution in [2.75, 3.05) is 32.8 Å². The van der Waals surface area contributed by atoms with Gasteiger partial charge in [0.25, 0.3) is 0 Å². The average Bonchev–Trinajstić information content (AvgIpc) is 3.07. The molecule has 0 saturated heterocycles. The van der Waals surface area contributed by atoms with E-state index in [1.54, 1.807) is 0 Å². The van der Waals surface area contributed by atoms with Crippen LogP contribution in [0.1, 0.15) is 23.7 Å². The standard InChI is InChI=1S/C26H32N4O2/c1-4-30-15-14-29(16-17-32-24-13-9-8-12-22(24)18-25(30)31)19-23-20(2)28(3)27-26(23)21-10-6-5-7-11-21/h5-13H,4,14-19H2,1-3H3. The third kappa shape index (κ3) is 4.86. The summed E-state index contributed by atoms with van der Waals surface area (Å²) in [5, 5.41) is 4.80. The molecule has 2 aromatic carbocycles. The molecule has 0 fully saturated rings. The van der Waals surface area contributed by atoms with Crippen LogP contribution >= 0.6 is 0 Å². The molecule has 0 unspecified atom stereocenters. The SMILES string of the molecule is CCN1CCN(Cc2c(-c3ccccc3)nn(C)c2C)CCOc2ccccc2CC1=O. The summed E-state index contributed by atoms with van der Waals surface area (Å²) in [6.07, 6.45) is 0.379. The van der Waals surface area contributed by atoms with Crippen LogP contribution in [-0.4, -0.2) is 58.3 Å². The predicted molar refractivity (Wildman–Crippen MR) is 127 cm³/mol. The van der Waals surface area contributed by atoms with Crippen molar-refractivity contribution in [3.63, 3.8) is 0 Å². The number of benzene rings is 2. The number of rotatable bonds is 4. The Morgan fingerprint density at radius 2 is 1.75 bits per heavy atom. The smallest absolute Gasteiger partial charge is 0.227 e. The highest BCUT2D eigenvalue weighted by atomic mass is 16.5. The summed E-state index contributed by atoms with van der Waals surface area (Å²) >= 11 is 0. The van der Waals surface area contributed by atoms with E-state index in [1.807, 2.05) is 66.0 Å². The molecule has 1 aliphatic rings. The highest BCUT2D eigenvalue weighted by Crippen LogP contribution is 2.26. The van der Waals surface area contributed by atoms with E-state index in [0.29, 0.717) is 26.1 Å². The lowest BCUT2D eigenvalue weighted by Crippen LogP contribution is -2.40. The molecule has 1 amide bonds. The van der Waals surface area contributed by atoms with E-state index in [4.69, 9.17) is 9.84 Å². The molecule has 0 N–H and O–H groups in total. The second-order valence-corrected chi connectivity index (χ2v) is 8.28. The maximum Gasteiger partial charge on any atom is 0.227 e. The number of aromatic nitrogens is 2. The van der Waals surface area contributed by atoms with Crippen LogP contribution in [0.4, 0.5) is 0 Å². The second-order valence-electron chi connectivity index (χ2n) is 8.28. The Morgan fingerprint density at radius 3 is 2.53 bits per heavy atom. The van der Waals surface area contributed by atoms with Crippen molar-refractivity contribution < 1.29 is 9.53 Å². The first-order valence-corrected chi connectivity index (χ1v) is 11.4. The molecule has 0 atom stereocenters. The van der Waals surface area contributed by atoms with Gasteiger partial charge in [-0.1, -0.05) is 48.5 Å². The Morgan fingerprint density at radius 1 is 1.00 bits per heavy atom. The number of hydrogen-bond donors (Lipinski definition) is 0. The van der Waals surface area contributed by atoms with Gasteiger partial charge in [-0.15, -0.1) is 0 Å². The van der Waals surface area contributed by atoms with Gasteiger partial charge in [0.2, 0.25) is 5.91 Å². The van der Waals surface area contributed by atoms with Crippen LogP contribution in [0.3, 0.4) is 0 Å². The average molecular weight is 433 g/mol. The number of hydrogen-bond acceptors (Lipinski definition) is 4. The van der Waals surface area contributed by atoms with Gasteiger partial charge in [-0.25, -0.2) is 0 Å². The Balaban J connectivity index is 1.60.